The summed E-state index contributed by atoms with van der Waals surface area (Å²) in [7, 11) is 0. The van der Waals surface area contributed by atoms with Gasteiger partial charge in [-0.1, -0.05) is 44.2 Å². The molecule has 3 heteroatoms. The van der Waals surface area contributed by atoms with Gasteiger partial charge >= 0.3 is 5.97 Å². The molecule has 94 valence electrons. The Morgan fingerprint density at radius 2 is 1.82 bits per heavy atom. The molecule has 0 saturated carbocycles. The molecule has 0 aromatic heterocycles. The smallest absolute Gasteiger partial charge is 0.307 e. The standard InChI is InChI=1S/C14H21NO2/c1-10(2)13(15)9-14(16)17-11(3)12-7-5-4-6-8-12/h4-8,10-11,13H,9,15H2,1-3H3. The topological polar surface area (TPSA) is 52.3 Å². The Kier molecular flexibility index (Phi) is 5.16. The Morgan fingerprint density at radius 3 is 2.35 bits per heavy atom. The molecule has 3 nitrogen and oxygen atoms in total. The van der Waals surface area contributed by atoms with Crippen LogP contribution in [0.1, 0.15) is 38.9 Å². The highest BCUT2D eigenvalue weighted by atomic mass is 16.5. The number of carbonyl (C=O) groups excluding carboxylic acids is 1. The van der Waals surface area contributed by atoms with E-state index in [1.165, 1.54) is 0 Å². The lowest BCUT2D eigenvalue weighted by Crippen LogP contribution is -2.30. The van der Waals surface area contributed by atoms with Crippen LogP contribution in [-0.2, 0) is 9.53 Å². The number of esters is 1. The van der Waals surface area contributed by atoms with E-state index in [0.29, 0.717) is 0 Å². The third kappa shape index (κ3) is 4.57. The Balaban J connectivity index is 2.47. The van der Waals surface area contributed by atoms with Crippen LogP contribution < -0.4 is 5.73 Å². The van der Waals surface area contributed by atoms with Crippen molar-refractivity contribution in [3.05, 3.63) is 35.9 Å². The maximum Gasteiger partial charge on any atom is 0.307 e. The molecule has 0 radical (unpaired) electrons. The lowest BCUT2D eigenvalue weighted by Gasteiger charge is -2.17. The minimum absolute atomic E-state index is 0.134. The van der Waals surface area contributed by atoms with Crippen molar-refractivity contribution >= 4 is 5.97 Å². The van der Waals surface area contributed by atoms with Gasteiger partial charge in [-0.2, -0.15) is 0 Å². The van der Waals surface area contributed by atoms with Crippen molar-refractivity contribution in [1.29, 1.82) is 0 Å². The predicted molar refractivity (Wildman–Crippen MR) is 68.4 cm³/mol. The zero-order chi connectivity index (χ0) is 12.8. The second-order valence-electron chi connectivity index (χ2n) is 4.65. The first-order valence-corrected chi connectivity index (χ1v) is 6.00. The van der Waals surface area contributed by atoms with E-state index in [1.54, 1.807) is 0 Å². The van der Waals surface area contributed by atoms with E-state index in [0.717, 1.165) is 5.56 Å². The van der Waals surface area contributed by atoms with Crippen LogP contribution in [0.4, 0.5) is 0 Å². The molecule has 0 bridgehead atoms. The van der Waals surface area contributed by atoms with Gasteiger partial charge in [-0.15, -0.1) is 0 Å². The molecule has 2 unspecified atom stereocenters. The number of hydrogen-bond acceptors (Lipinski definition) is 3. The summed E-state index contributed by atoms with van der Waals surface area (Å²) in [6, 6.07) is 9.55. The SMILES string of the molecule is CC(OC(=O)CC(N)C(C)C)c1ccccc1. The Labute approximate surface area is 103 Å². The first kappa shape index (κ1) is 13.7. The van der Waals surface area contributed by atoms with Gasteiger partial charge in [0.15, 0.2) is 0 Å². The van der Waals surface area contributed by atoms with Gasteiger partial charge in [-0.3, -0.25) is 4.79 Å². The van der Waals surface area contributed by atoms with Crippen LogP contribution in [0.2, 0.25) is 0 Å². The van der Waals surface area contributed by atoms with E-state index in [-0.39, 0.29) is 30.5 Å². The van der Waals surface area contributed by atoms with Gasteiger partial charge in [0.2, 0.25) is 0 Å². The number of ether oxygens (including phenoxy) is 1. The average molecular weight is 235 g/mol. The highest BCUT2D eigenvalue weighted by Gasteiger charge is 2.16. The fraction of sp³-hybridized carbons (Fsp3) is 0.500. The number of benzene rings is 1. The first-order valence-electron chi connectivity index (χ1n) is 6.00. The zero-order valence-corrected chi connectivity index (χ0v) is 10.7. The minimum Gasteiger partial charge on any atom is -0.458 e. The maximum atomic E-state index is 11.6. The summed E-state index contributed by atoms with van der Waals surface area (Å²) in [6.45, 7) is 5.87. The molecule has 0 amide bonds. The fourth-order valence-corrected chi connectivity index (χ4v) is 1.47. The van der Waals surface area contributed by atoms with Crippen LogP contribution in [0.15, 0.2) is 30.3 Å². The monoisotopic (exact) mass is 235 g/mol. The van der Waals surface area contributed by atoms with Crippen LogP contribution >= 0.6 is 0 Å². The second kappa shape index (κ2) is 6.40. The number of nitrogens with two attached hydrogens (primary N) is 1. The van der Waals surface area contributed by atoms with Crippen molar-refractivity contribution in [2.45, 2.75) is 39.3 Å². The summed E-state index contributed by atoms with van der Waals surface area (Å²) in [5, 5.41) is 0. The molecular formula is C14H21NO2. The zero-order valence-electron chi connectivity index (χ0n) is 10.7. The molecule has 17 heavy (non-hydrogen) atoms. The van der Waals surface area contributed by atoms with E-state index >= 15 is 0 Å². The molecule has 0 saturated heterocycles. The molecule has 0 fully saturated rings. The van der Waals surface area contributed by atoms with E-state index in [2.05, 4.69) is 0 Å². The molecule has 0 aliphatic rings. The maximum absolute atomic E-state index is 11.6. The van der Waals surface area contributed by atoms with Gasteiger partial charge in [-0.25, -0.2) is 0 Å². The van der Waals surface area contributed by atoms with Gasteiger partial charge in [-0.05, 0) is 18.4 Å². The highest BCUT2D eigenvalue weighted by Crippen LogP contribution is 2.17. The van der Waals surface area contributed by atoms with E-state index in [1.807, 2.05) is 51.1 Å². The largest absolute Gasteiger partial charge is 0.458 e. The van der Waals surface area contributed by atoms with Crippen LogP contribution in [0.5, 0.6) is 0 Å². The Morgan fingerprint density at radius 1 is 1.24 bits per heavy atom. The number of carbonyl (C=O) groups is 1. The summed E-state index contributed by atoms with van der Waals surface area (Å²) >= 11 is 0. The number of rotatable bonds is 5. The van der Waals surface area contributed by atoms with Crippen molar-refractivity contribution in [2.24, 2.45) is 11.7 Å². The second-order valence-corrected chi connectivity index (χ2v) is 4.65. The molecule has 0 aliphatic heterocycles. The summed E-state index contributed by atoms with van der Waals surface area (Å²) in [4.78, 5) is 11.6. The summed E-state index contributed by atoms with van der Waals surface area (Å²) in [5.41, 5.74) is 6.83. The van der Waals surface area contributed by atoms with E-state index in [4.69, 9.17) is 10.5 Å². The normalized spacial score (nSPS) is 14.4. The van der Waals surface area contributed by atoms with Crippen molar-refractivity contribution < 1.29 is 9.53 Å². The van der Waals surface area contributed by atoms with Crippen LogP contribution in [0, 0.1) is 5.92 Å². The molecule has 2 N–H and O–H groups in total. The van der Waals surface area contributed by atoms with Gasteiger partial charge < -0.3 is 10.5 Å². The average Bonchev–Trinajstić information content (AvgIpc) is 2.29. The first-order chi connectivity index (χ1) is 8.00. The molecule has 0 aliphatic carbocycles. The van der Waals surface area contributed by atoms with Crippen molar-refractivity contribution in [2.75, 3.05) is 0 Å². The fourth-order valence-electron chi connectivity index (χ4n) is 1.47. The lowest BCUT2D eigenvalue weighted by atomic mass is 10.0. The van der Waals surface area contributed by atoms with Crippen molar-refractivity contribution in [3.8, 4) is 0 Å². The molecule has 2 atom stereocenters. The molecule has 0 heterocycles. The quantitative estimate of drug-likeness (QED) is 0.798. The molecule has 1 aromatic carbocycles. The van der Waals surface area contributed by atoms with Crippen molar-refractivity contribution in [1.82, 2.24) is 0 Å². The summed E-state index contributed by atoms with van der Waals surface area (Å²) < 4.78 is 5.34. The van der Waals surface area contributed by atoms with E-state index < -0.39 is 0 Å². The third-order valence-corrected chi connectivity index (χ3v) is 2.84. The molecule has 0 spiro atoms. The highest BCUT2D eigenvalue weighted by molar-refractivity contribution is 5.70. The van der Waals surface area contributed by atoms with Crippen LogP contribution in [0.25, 0.3) is 0 Å². The van der Waals surface area contributed by atoms with Crippen LogP contribution in [-0.4, -0.2) is 12.0 Å². The Bertz CT molecular complexity index is 348. The summed E-state index contributed by atoms with van der Waals surface area (Å²) in [6.07, 6.45) is 0.0533. The summed E-state index contributed by atoms with van der Waals surface area (Å²) in [5.74, 6) is 0.0529. The van der Waals surface area contributed by atoms with Gasteiger partial charge in [0.1, 0.15) is 6.10 Å². The van der Waals surface area contributed by atoms with Crippen LogP contribution in [0.3, 0.4) is 0 Å². The number of hydrogen-bond donors (Lipinski definition) is 1. The van der Waals surface area contributed by atoms with Gasteiger partial charge in [0, 0.05) is 6.04 Å². The van der Waals surface area contributed by atoms with E-state index in [9.17, 15) is 4.79 Å². The predicted octanol–water partition coefficient (Wildman–Crippen LogP) is 2.66. The minimum atomic E-state index is -0.234. The molecular weight excluding hydrogens is 214 g/mol. The molecule has 1 aromatic rings. The van der Waals surface area contributed by atoms with Gasteiger partial charge in [0.05, 0.1) is 6.42 Å². The lowest BCUT2D eigenvalue weighted by molar-refractivity contribution is -0.149. The van der Waals surface area contributed by atoms with Crippen molar-refractivity contribution in [3.63, 3.8) is 0 Å². The third-order valence-electron chi connectivity index (χ3n) is 2.84. The van der Waals surface area contributed by atoms with Gasteiger partial charge in [0.25, 0.3) is 0 Å². The Hall–Kier alpha value is -1.35. The molecule has 1 rings (SSSR count).